The molecule has 0 saturated carbocycles. The molecule has 3 heterocycles. The molecule has 0 atom stereocenters. The summed E-state index contributed by atoms with van der Waals surface area (Å²) in [5.41, 5.74) is 5.41. The fourth-order valence-electron chi connectivity index (χ4n) is 3.05. The number of hydrogen-bond acceptors (Lipinski definition) is 6. The fraction of sp³-hybridized carbons (Fsp3) is 0.263. The summed E-state index contributed by atoms with van der Waals surface area (Å²) in [6.07, 6.45) is 1.48. The number of fused-ring (bicyclic) bond motifs is 2. The van der Waals surface area contributed by atoms with Crippen molar-refractivity contribution in [1.29, 1.82) is 5.26 Å². The smallest absolute Gasteiger partial charge is 0.295 e. The van der Waals surface area contributed by atoms with Gasteiger partial charge in [0.15, 0.2) is 11.2 Å². The van der Waals surface area contributed by atoms with Gasteiger partial charge < -0.3 is 9.73 Å². The van der Waals surface area contributed by atoms with Crippen LogP contribution in [0.2, 0.25) is 0 Å². The number of nitrogens with one attached hydrogen (secondary N) is 1. The van der Waals surface area contributed by atoms with Crippen molar-refractivity contribution in [2.24, 2.45) is 0 Å². The summed E-state index contributed by atoms with van der Waals surface area (Å²) < 4.78 is 7.38. The number of anilines is 1. The third-order valence-corrected chi connectivity index (χ3v) is 4.24. The van der Waals surface area contributed by atoms with Crippen molar-refractivity contribution in [1.82, 2.24) is 19.6 Å². The molecule has 0 radical (unpaired) electrons. The minimum absolute atomic E-state index is 0.509. The maximum atomic E-state index is 9.52. The van der Waals surface area contributed by atoms with Gasteiger partial charge in [-0.05, 0) is 44.9 Å². The number of benzene rings is 1. The van der Waals surface area contributed by atoms with Gasteiger partial charge >= 0.3 is 0 Å². The van der Waals surface area contributed by atoms with Gasteiger partial charge in [-0.2, -0.15) is 15.3 Å². The molecule has 1 N–H and O–H groups in total. The molecule has 7 nitrogen and oxygen atoms in total. The molecule has 0 fully saturated rings. The van der Waals surface area contributed by atoms with Gasteiger partial charge in [0.25, 0.3) is 6.01 Å². The number of aryl methyl sites for hydroxylation is 3. The molecular weight excluding hydrogens is 328 g/mol. The van der Waals surface area contributed by atoms with Gasteiger partial charge in [-0.25, -0.2) is 9.50 Å². The SMILES string of the molecule is Cc1cc(C)n2nc(CCCNc3nc4ccccc4o3)c(C#N)c2n1. The molecule has 3 aromatic heterocycles. The lowest BCUT2D eigenvalue weighted by molar-refractivity contribution is 0.611. The van der Waals surface area contributed by atoms with E-state index in [0.29, 0.717) is 30.2 Å². The second kappa shape index (κ2) is 6.48. The van der Waals surface area contributed by atoms with E-state index in [1.807, 2.05) is 44.2 Å². The zero-order valence-electron chi connectivity index (χ0n) is 14.7. The lowest BCUT2D eigenvalue weighted by Crippen LogP contribution is -2.04. The van der Waals surface area contributed by atoms with E-state index in [1.165, 1.54) is 0 Å². The summed E-state index contributed by atoms with van der Waals surface area (Å²) in [5, 5.41) is 17.3. The zero-order chi connectivity index (χ0) is 18.1. The molecule has 0 aliphatic heterocycles. The molecule has 0 unspecified atom stereocenters. The van der Waals surface area contributed by atoms with Crippen molar-refractivity contribution < 1.29 is 4.42 Å². The monoisotopic (exact) mass is 346 g/mol. The third kappa shape index (κ3) is 2.86. The number of nitriles is 1. The first-order valence-corrected chi connectivity index (χ1v) is 8.51. The summed E-state index contributed by atoms with van der Waals surface area (Å²) in [5.74, 6) is 0. The number of hydrogen-bond donors (Lipinski definition) is 1. The van der Waals surface area contributed by atoms with Gasteiger partial charge in [-0.1, -0.05) is 12.1 Å². The fourth-order valence-corrected chi connectivity index (χ4v) is 3.05. The summed E-state index contributed by atoms with van der Waals surface area (Å²) in [4.78, 5) is 8.85. The molecule has 0 bridgehead atoms. The summed E-state index contributed by atoms with van der Waals surface area (Å²) in [7, 11) is 0. The second-order valence-corrected chi connectivity index (χ2v) is 6.22. The molecule has 0 amide bonds. The predicted molar refractivity (Wildman–Crippen MR) is 98.0 cm³/mol. The molecule has 26 heavy (non-hydrogen) atoms. The Morgan fingerprint density at radius 1 is 1.23 bits per heavy atom. The highest BCUT2D eigenvalue weighted by atomic mass is 16.4. The maximum absolute atomic E-state index is 9.52. The van der Waals surface area contributed by atoms with Gasteiger partial charge in [-0.15, -0.1) is 0 Å². The van der Waals surface area contributed by atoms with Crippen LogP contribution >= 0.6 is 0 Å². The van der Waals surface area contributed by atoms with Crippen LogP contribution in [0.4, 0.5) is 6.01 Å². The highest BCUT2D eigenvalue weighted by molar-refractivity contribution is 5.74. The molecule has 0 aliphatic rings. The average molecular weight is 346 g/mol. The molecular formula is C19H18N6O. The molecule has 0 aliphatic carbocycles. The Kier molecular flexibility index (Phi) is 4.01. The van der Waals surface area contributed by atoms with Crippen molar-refractivity contribution in [3.63, 3.8) is 0 Å². The first kappa shape index (κ1) is 16.1. The van der Waals surface area contributed by atoms with Gasteiger partial charge in [0.2, 0.25) is 0 Å². The Morgan fingerprint density at radius 2 is 2.08 bits per heavy atom. The van der Waals surface area contributed by atoms with Crippen molar-refractivity contribution in [2.75, 3.05) is 11.9 Å². The molecule has 7 heteroatoms. The van der Waals surface area contributed by atoms with Gasteiger partial charge in [0.1, 0.15) is 17.1 Å². The standard InChI is InChI=1S/C19H18N6O/c1-12-10-13(2)25-18(22-12)14(11-20)15(24-25)7-5-9-21-19-23-16-6-3-4-8-17(16)26-19/h3-4,6,8,10H,5,7,9H2,1-2H3,(H,21,23). The summed E-state index contributed by atoms with van der Waals surface area (Å²) in [6.45, 7) is 4.57. The molecule has 130 valence electrons. The lowest BCUT2D eigenvalue weighted by atomic mass is 10.1. The van der Waals surface area contributed by atoms with Gasteiger partial charge in [-0.3, -0.25) is 0 Å². The highest BCUT2D eigenvalue weighted by Crippen LogP contribution is 2.19. The van der Waals surface area contributed by atoms with Crippen LogP contribution in [0, 0.1) is 25.2 Å². The van der Waals surface area contributed by atoms with Crippen LogP contribution in [-0.4, -0.2) is 26.1 Å². The van der Waals surface area contributed by atoms with E-state index in [2.05, 4.69) is 26.5 Å². The molecule has 1 aromatic carbocycles. The van der Waals surface area contributed by atoms with Gasteiger partial charge in [0.05, 0.1) is 5.69 Å². The number of oxazole rings is 1. The summed E-state index contributed by atoms with van der Waals surface area (Å²) in [6, 6.07) is 12.4. The van der Waals surface area contributed by atoms with E-state index >= 15 is 0 Å². The Bertz CT molecular complexity index is 1100. The Hall–Kier alpha value is -3.40. The van der Waals surface area contributed by atoms with Crippen molar-refractivity contribution >= 4 is 22.8 Å². The predicted octanol–water partition coefficient (Wildman–Crippen LogP) is 3.40. The van der Waals surface area contributed by atoms with Crippen molar-refractivity contribution in [2.45, 2.75) is 26.7 Å². The van der Waals surface area contributed by atoms with Crippen LogP contribution in [0.5, 0.6) is 0 Å². The zero-order valence-corrected chi connectivity index (χ0v) is 14.7. The minimum Gasteiger partial charge on any atom is -0.424 e. The Balaban J connectivity index is 1.46. The van der Waals surface area contributed by atoms with Crippen LogP contribution in [0.15, 0.2) is 34.7 Å². The van der Waals surface area contributed by atoms with E-state index in [-0.39, 0.29) is 0 Å². The first-order valence-electron chi connectivity index (χ1n) is 8.51. The lowest BCUT2D eigenvalue weighted by Gasteiger charge is -2.00. The molecule has 0 saturated heterocycles. The van der Waals surface area contributed by atoms with E-state index in [1.54, 1.807) is 4.52 Å². The van der Waals surface area contributed by atoms with Crippen molar-refractivity contribution in [3.05, 3.63) is 53.0 Å². The van der Waals surface area contributed by atoms with Crippen LogP contribution in [0.25, 0.3) is 16.7 Å². The number of rotatable bonds is 5. The number of aromatic nitrogens is 4. The van der Waals surface area contributed by atoms with Crippen LogP contribution < -0.4 is 5.32 Å². The minimum atomic E-state index is 0.509. The van der Waals surface area contributed by atoms with E-state index in [9.17, 15) is 5.26 Å². The largest absolute Gasteiger partial charge is 0.424 e. The van der Waals surface area contributed by atoms with E-state index < -0.39 is 0 Å². The maximum Gasteiger partial charge on any atom is 0.295 e. The number of para-hydroxylation sites is 2. The molecule has 4 rings (SSSR count). The normalized spacial score (nSPS) is 11.1. The van der Waals surface area contributed by atoms with E-state index in [4.69, 9.17) is 4.42 Å². The van der Waals surface area contributed by atoms with Crippen LogP contribution in [0.3, 0.4) is 0 Å². The second-order valence-electron chi connectivity index (χ2n) is 6.22. The van der Waals surface area contributed by atoms with Gasteiger partial charge in [0, 0.05) is 17.9 Å². The van der Waals surface area contributed by atoms with Crippen molar-refractivity contribution in [3.8, 4) is 6.07 Å². The molecule has 0 spiro atoms. The third-order valence-electron chi connectivity index (χ3n) is 4.24. The molecule has 4 aromatic rings. The quantitative estimate of drug-likeness (QED) is 0.557. The van der Waals surface area contributed by atoms with Crippen LogP contribution in [0.1, 0.15) is 29.1 Å². The average Bonchev–Trinajstić information content (AvgIpc) is 3.19. The van der Waals surface area contributed by atoms with Crippen LogP contribution in [-0.2, 0) is 6.42 Å². The topological polar surface area (TPSA) is 92.0 Å². The number of nitrogens with zero attached hydrogens (tertiary/aromatic N) is 5. The summed E-state index contributed by atoms with van der Waals surface area (Å²) >= 11 is 0. The first-order chi connectivity index (χ1) is 12.7. The Labute approximate surface area is 150 Å². The highest BCUT2D eigenvalue weighted by Gasteiger charge is 2.15. The Morgan fingerprint density at radius 3 is 2.88 bits per heavy atom. The van der Waals surface area contributed by atoms with E-state index in [0.717, 1.165) is 34.6 Å².